The highest BCUT2D eigenvalue weighted by Gasteiger charge is 2.24. The van der Waals surface area contributed by atoms with Crippen LogP contribution in [-0.2, 0) is 10.0 Å². The summed E-state index contributed by atoms with van der Waals surface area (Å²) in [5, 5.41) is 25.9. The molecular weight excluding hydrogens is 484 g/mol. The average molecular weight is 499 g/mol. The van der Waals surface area contributed by atoms with E-state index in [9.17, 15) is 28.4 Å². The lowest BCUT2D eigenvalue weighted by Crippen LogP contribution is -2.14. The number of hydrogen-bond acceptors (Lipinski definition) is 7. The molecule has 0 amide bonds. The van der Waals surface area contributed by atoms with E-state index < -0.39 is 26.4 Å². The summed E-state index contributed by atoms with van der Waals surface area (Å²) in [5.74, 6) is -0.745. The second-order valence-electron chi connectivity index (χ2n) is 7.04. The van der Waals surface area contributed by atoms with E-state index in [2.05, 4.69) is 9.82 Å². The monoisotopic (exact) mass is 498 g/mol. The predicted octanol–water partition coefficient (Wildman–Crippen LogP) is 4.17. The van der Waals surface area contributed by atoms with Gasteiger partial charge in [-0.25, -0.2) is 13.1 Å². The van der Waals surface area contributed by atoms with Crippen LogP contribution >= 0.6 is 11.6 Å². The van der Waals surface area contributed by atoms with Gasteiger partial charge in [-0.2, -0.15) is 5.10 Å². The maximum Gasteiger partial charge on any atom is 0.296 e. The summed E-state index contributed by atoms with van der Waals surface area (Å²) in [6, 6.07) is 15.2. The molecule has 1 heterocycles. The summed E-state index contributed by atoms with van der Waals surface area (Å²) >= 11 is 5.88. The average Bonchev–Trinajstić information content (AvgIpc) is 3.28. The molecule has 0 radical (unpaired) electrons. The van der Waals surface area contributed by atoms with Crippen molar-refractivity contribution < 1.29 is 23.2 Å². The first kappa shape index (κ1) is 23.0. The fourth-order valence-corrected chi connectivity index (χ4v) is 4.43. The quantitative estimate of drug-likeness (QED) is 0.221. The highest BCUT2D eigenvalue weighted by Crippen LogP contribution is 2.28. The Kier molecular flexibility index (Phi) is 6.05. The smallest absolute Gasteiger partial charge is 0.296 e. The molecule has 10 nitrogen and oxygen atoms in total. The van der Waals surface area contributed by atoms with Crippen LogP contribution in [0.1, 0.15) is 15.9 Å². The van der Waals surface area contributed by atoms with Crippen LogP contribution in [0.3, 0.4) is 0 Å². The fourth-order valence-electron chi connectivity index (χ4n) is 3.17. The summed E-state index contributed by atoms with van der Waals surface area (Å²) in [7, 11) is -4.16. The third-order valence-corrected chi connectivity index (χ3v) is 6.39. The van der Waals surface area contributed by atoms with Gasteiger partial charge in [0.05, 0.1) is 32.8 Å². The Labute approximate surface area is 198 Å². The maximum absolute atomic E-state index is 12.8. The van der Waals surface area contributed by atoms with Gasteiger partial charge in [-0.15, -0.1) is 0 Å². The fraction of sp³-hybridized carbons (Fsp3) is 0. The third kappa shape index (κ3) is 4.60. The van der Waals surface area contributed by atoms with Crippen LogP contribution in [-0.4, -0.2) is 34.0 Å². The Hall–Kier alpha value is -4.22. The molecule has 0 unspecified atom stereocenters. The van der Waals surface area contributed by atoms with E-state index in [1.54, 1.807) is 24.3 Å². The molecule has 4 aromatic rings. The first-order chi connectivity index (χ1) is 16.2. The van der Waals surface area contributed by atoms with Crippen LogP contribution in [0.4, 0.5) is 11.4 Å². The lowest BCUT2D eigenvalue weighted by atomic mass is 10.1. The molecule has 3 aromatic carbocycles. The number of phenols is 1. The van der Waals surface area contributed by atoms with Crippen molar-refractivity contribution >= 4 is 38.8 Å². The Morgan fingerprint density at radius 2 is 1.85 bits per heavy atom. The largest absolute Gasteiger partial charge is 0.507 e. The number of sulfonamides is 1. The number of nitrogens with zero attached hydrogens (tertiary/aromatic N) is 3. The molecule has 0 saturated carbocycles. The molecule has 0 aliphatic rings. The minimum atomic E-state index is -4.16. The van der Waals surface area contributed by atoms with E-state index in [1.807, 2.05) is 0 Å². The number of benzene rings is 3. The highest BCUT2D eigenvalue weighted by molar-refractivity contribution is 7.92. The van der Waals surface area contributed by atoms with Crippen molar-refractivity contribution in [3.63, 3.8) is 0 Å². The Morgan fingerprint density at radius 3 is 2.56 bits per heavy atom. The number of nitrogens with one attached hydrogen (secondary N) is 1. The zero-order valence-corrected chi connectivity index (χ0v) is 18.7. The number of ketones is 1. The highest BCUT2D eigenvalue weighted by atomic mass is 35.5. The Bertz CT molecular complexity index is 1530. The molecule has 0 aliphatic carbocycles. The topological polar surface area (TPSA) is 144 Å². The number of aromatic hydroxyl groups is 1. The van der Waals surface area contributed by atoms with Crippen LogP contribution in [0, 0.1) is 10.1 Å². The van der Waals surface area contributed by atoms with E-state index in [-0.39, 0.29) is 33.1 Å². The number of para-hydroxylation sites is 1. The standard InChI is InChI=1S/C22H15ClN4O6S/c23-15-4-3-5-16(10-15)25-34(32,33)17-8-9-19(20(11-17)27(30)31)26-13-14(12-24-26)22(29)18-6-1-2-7-21(18)28/h1-13,25,28H. The number of rotatable bonds is 7. The zero-order valence-electron chi connectivity index (χ0n) is 17.1. The molecule has 1 aromatic heterocycles. The number of aromatic nitrogens is 2. The molecule has 0 bridgehead atoms. The maximum atomic E-state index is 12.8. The van der Waals surface area contributed by atoms with Gasteiger partial charge in [-0.05, 0) is 42.5 Å². The van der Waals surface area contributed by atoms with E-state index in [4.69, 9.17) is 11.6 Å². The van der Waals surface area contributed by atoms with E-state index >= 15 is 0 Å². The normalized spacial score (nSPS) is 11.2. The molecule has 172 valence electrons. The SMILES string of the molecule is O=C(c1cnn(-c2ccc(S(=O)(=O)Nc3cccc(Cl)c3)cc2[N+](=O)[O-])c1)c1ccccc1O. The van der Waals surface area contributed by atoms with Gasteiger partial charge in [0.15, 0.2) is 5.78 Å². The minimum Gasteiger partial charge on any atom is -0.507 e. The van der Waals surface area contributed by atoms with Crippen LogP contribution in [0.25, 0.3) is 5.69 Å². The summed E-state index contributed by atoms with van der Waals surface area (Å²) in [5.41, 5.74) is -0.277. The zero-order chi connectivity index (χ0) is 24.5. The number of nitro benzene ring substituents is 1. The summed E-state index contributed by atoms with van der Waals surface area (Å²) in [6.45, 7) is 0. The van der Waals surface area contributed by atoms with Crippen molar-refractivity contribution in [2.45, 2.75) is 4.90 Å². The first-order valence-corrected chi connectivity index (χ1v) is 11.5. The summed E-state index contributed by atoms with van der Waals surface area (Å²) in [4.78, 5) is 23.3. The number of nitro groups is 1. The van der Waals surface area contributed by atoms with E-state index in [0.717, 1.165) is 10.7 Å². The van der Waals surface area contributed by atoms with E-state index in [1.165, 1.54) is 48.8 Å². The molecule has 0 saturated heterocycles. The summed E-state index contributed by atoms with van der Waals surface area (Å²) < 4.78 is 28.9. The van der Waals surface area contributed by atoms with Crippen molar-refractivity contribution in [1.82, 2.24) is 9.78 Å². The lowest BCUT2D eigenvalue weighted by Gasteiger charge is -2.10. The van der Waals surface area contributed by atoms with Crippen molar-refractivity contribution in [2.75, 3.05) is 4.72 Å². The van der Waals surface area contributed by atoms with Crippen LogP contribution in [0.2, 0.25) is 5.02 Å². The van der Waals surface area contributed by atoms with Gasteiger partial charge in [-0.3, -0.25) is 19.6 Å². The molecule has 0 fully saturated rings. The number of carbonyl (C=O) groups is 1. The number of phenolic OH excluding ortho intramolecular Hbond substituents is 1. The molecule has 0 spiro atoms. The molecule has 4 rings (SSSR count). The number of carbonyl (C=O) groups excluding carboxylic acids is 1. The number of hydrogen-bond donors (Lipinski definition) is 2. The van der Waals surface area contributed by atoms with Crippen molar-refractivity contribution in [3.05, 3.63) is 105 Å². The van der Waals surface area contributed by atoms with Gasteiger partial charge in [0.25, 0.3) is 15.7 Å². The van der Waals surface area contributed by atoms with Gasteiger partial charge < -0.3 is 5.11 Å². The van der Waals surface area contributed by atoms with Crippen molar-refractivity contribution in [1.29, 1.82) is 0 Å². The molecule has 2 N–H and O–H groups in total. The lowest BCUT2D eigenvalue weighted by molar-refractivity contribution is -0.384. The Balaban J connectivity index is 1.69. The van der Waals surface area contributed by atoms with Crippen molar-refractivity contribution in [2.24, 2.45) is 0 Å². The van der Waals surface area contributed by atoms with Gasteiger partial charge in [0.2, 0.25) is 0 Å². The first-order valence-electron chi connectivity index (χ1n) is 9.60. The second kappa shape index (κ2) is 8.96. The third-order valence-electron chi connectivity index (χ3n) is 4.77. The molecule has 0 atom stereocenters. The molecule has 0 aliphatic heterocycles. The van der Waals surface area contributed by atoms with Crippen molar-refractivity contribution in [3.8, 4) is 11.4 Å². The number of halogens is 1. The molecule has 34 heavy (non-hydrogen) atoms. The molecular formula is C22H15ClN4O6S. The number of anilines is 1. The van der Waals surface area contributed by atoms with Crippen LogP contribution in [0.5, 0.6) is 5.75 Å². The predicted molar refractivity (Wildman–Crippen MR) is 124 cm³/mol. The van der Waals surface area contributed by atoms with Crippen LogP contribution < -0.4 is 4.72 Å². The minimum absolute atomic E-state index is 0.0464. The Morgan fingerprint density at radius 1 is 1.09 bits per heavy atom. The van der Waals surface area contributed by atoms with Gasteiger partial charge in [-0.1, -0.05) is 29.8 Å². The van der Waals surface area contributed by atoms with E-state index in [0.29, 0.717) is 5.02 Å². The second-order valence-corrected chi connectivity index (χ2v) is 9.16. The van der Waals surface area contributed by atoms with Gasteiger partial charge >= 0.3 is 0 Å². The van der Waals surface area contributed by atoms with Crippen LogP contribution in [0.15, 0.2) is 84.0 Å². The van der Waals surface area contributed by atoms with Gasteiger partial charge in [0.1, 0.15) is 11.4 Å². The summed E-state index contributed by atoms with van der Waals surface area (Å²) in [6.07, 6.45) is 2.46. The molecule has 12 heteroatoms. The van der Waals surface area contributed by atoms with Gasteiger partial charge in [0, 0.05) is 17.3 Å².